The smallest absolute Gasteiger partial charge is 0.345 e. The topological polar surface area (TPSA) is 39.2 Å². The number of carbonyl (C=O) groups excluding carboxylic acids is 1. The summed E-state index contributed by atoms with van der Waals surface area (Å²) in [4.78, 5) is 15.9. The van der Waals surface area contributed by atoms with Crippen molar-refractivity contribution < 1.29 is 9.53 Å². The van der Waals surface area contributed by atoms with Gasteiger partial charge in [0.1, 0.15) is 5.75 Å². The second-order valence-corrected chi connectivity index (χ2v) is 3.84. The lowest BCUT2D eigenvalue weighted by Crippen LogP contribution is -2.10. The molecule has 3 heteroatoms. The highest BCUT2D eigenvalue weighted by Crippen LogP contribution is 2.14. The van der Waals surface area contributed by atoms with Crippen LogP contribution in [0.3, 0.4) is 0 Å². The number of hydrogen-bond acceptors (Lipinski definition) is 3. The standard InChI is InChI=1S/C14H13NO2/c1-10-5-7-12(8-6-10)17-14(16)13-4-3-9-15-11(13)2/h3-9H,1-2H3. The summed E-state index contributed by atoms with van der Waals surface area (Å²) < 4.78 is 5.26. The molecule has 0 saturated carbocycles. The summed E-state index contributed by atoms with van der Waals surface area (Å²) in [5.41, 5.74) is 2.29. The third-order valence-corrected chi connectivity index (χ3v) is 2.46. The summed E-state index contributed by atoms with van der Waals surface area (Å²) in [6.45, 7) is 3.77. The molecule has 1 heterocycles. The van der Waals surface area contributed by atoms with Crippen LogP contribution in [-0.2, 0) is 0 Å². The van der Waals surface area contributed by atoms with Crippen molar-refractivity contribution in [1.82, 2.24) is 4.98 Å². The normalized spacial score (nSPS) is 10.0. The van der Waals surface area contributed by atoms with E-state index in [-0.39, 0.29) is 5.97 Å². The minimum absolute atomic E-state index is 0.376. The van der Waals surface area contributed by atoms with E-state index in [0.717, 1.165) is 5.56 Å². The van der Waals surface area contributed by atoms with Gasteiger partial charge in [0.2, 0.25) is 0 Å². The highest BCUT2D eigenvalue weighted by molar-refractivity contribution is 5.92. The van der Waals surface area contributed by atoms with Gasteiger partial charge >= 0.3 is 5.97 Å². The summed E-state index contributed by atoms with van der Waals surface area (Å²) in [5, 5.41) is 0. The number of carbonyl (C=O) groups is 1. The van der Waals surface area contributed by atoms with Gasteiger partial charge in [0.25, 0.3) is 0 Å². The zero-order valence-corrected chi connectivity index (χ0v) is 9.81. The zero-order valence-electron chi connectivity index (χ0n) is 9.81. The van der Waals surface area contributed by atoms with Gasteiger partial charge in [-0.05, 0) is 38.1 Å². The maximum atomic E-state index is 11.9. The van der Waals surface area contributed by atoms with E-state index in [1.54, 1.807) is 37.4 Å². The van der Waals surface area contributed by atoms with Crippen molar-refractivity contribution in [2.24, 2.45) is 0 Å². The predicted molar refractivity (Wildman–Crippen MR) is 65.1 cm³/mol. The molecule has 0 aliphatic rings. The number of aromatic nitrogens is 1. The lowest BCUT2D eigenvalue weighted by molar-refractivity contribution is 0.0733. The lowest BCUT2D eigenvalue weighted by atomic mass is 10.2. The Hall–Kier alpha value is -2.16. The Labute approximate surface area is 100 Å². The van der Waals surface area contributed by atoms with Crippen LogP contribution in [-0.4, -0.2) is 11.0 Å². The second-order valence-electron chi connectivity index (χ2n) is 3.84. The van der Waals surface area contributed by atoms with E-state index in [1.165, 1.54) is 0 Å². The molecule has 0 spiro atoms. The van der Waals surface area contributed by atoms with Crippen molar-refractivity contribution in [1.29, 1.82) is 0 Å². The van der Waals surface area contributed by atoms with Crippen LogP contribution in [0.2, 0.25) is 0 Å². The first-order valence-electron chi connectivity index (χ1n) is 5.37. The van der Waals surface area contributed by atoms with E-state index in [4.69, 9.17) is 4.74 Å². The van der Waals surface area contributed by atoms with E-state index >= 15 is 0 Å². The number of rotatable bonds is 2. The van der Waals surface area contributed by atoms with Gasteiger partial charge in [-0.2, -0.15) is 0 Å². The maximum absolute atomic E-state index is 11.9. The summed E-state index contributed by atoms with van der Waals surface area (Å²) >= 11 is 0. The SMILES string of the molecule is Cc1ccc(OC(=O)c2cccnc2C)cc1. The minimum Gasteiger partial charge on any atom is -0.423 e. The quantitative estimate of drug-likeness (QED) is 0.585. The number of esters is 1. The Bertz CT molecular complexity index is 532. The number of aryl methyl sites for hydroxylation is 2. The molecule has 0 N–H and O–H groups in total. The molecule has 0 unspecified atom stereocenters. The van der Waals surface area contributed by atoms with E-state index in [2.05, 4.69) is 4.98 Å². The van der Waals surface area contributed by atoms with Gasteiger partial charge in [0, 0.05) is 6.20 Å². The Morgan fingerprint density at radius 1 is 1.12 bits per heavy atom. The Balaban J connectivity index is 2.17. The van der Waals surface area contributed by atoms with Crippen molar-refractivity contribution in [3.63, 3.8) is 0 Å². The van der Waals surface area contributed by atoms with Crippen molar-refractivity contribution >= 4 is 5.97 Å². The monoisotopic (exact) mass is 227 g/mol. The predicted octanol–water partition coefficient (Wildman–Crippen LogP) is 2.92. The molecule has 0 atom stereocenters. The van der Waals surface area contributed by atoms with Crippen LogP contribution in [0.5, 0.6) is 5.75 Å². The summed E-state index contributed by atoms with van der Waals surface area (Å²) in [5.74, 6) is 0.170. The molecule has 86 valence electrons. The van der Waals surface area contributed by atoms with Crippen molar-refractivity contribution in [2.75, 3.05) is 0 Å². The molecule has 0 radical (unpaired) electrons. The fourth-order valence-electron chi connectivity index (χ4n) is 1.47. The van der Waals surface area contributed by atoms with Gasteiger partial charge in [0.15, 0.2) is 0 Å². The fourth-order valence-corrected chi connectivity index (χ4v) is 1.47. The van der Waals surface area contributed by atoms with Crippen molar-refractivity contribution in [3.05, 3.63) is 59.4 Å². The second kappa shape index (κ2) is 4.78. The minimum atomic E-state index is -0.376. The van der Waals surface area contributed by atoms with Crippen molar-refractivity contribution in [3.8, 4) is 5.75 Å². The van der Waals surface area contributed by atoms with Crippen LogP contribution >= 0.6 is 0 Å². The van der Waals surface area contributed by atoms with Crippen LogP contribution in [0.4, 0.5) is 0 Å². The number of nitrogens with zero attached hydrogens (tertiary/aromatic N) is 1. The fraction of sp³-hybridized carbons (Fsp3) is 0.143. The van der Waals surface area contributed by atoms with Gasteiger partial charge in [0.05, 0.1) is 11.3 Å². The highest BCUT2D eigenvalue weighted by Gasteiger charge is 2.11. The largest absolute Gasteiger partial charge is 0.423 e. The summed E-state index contributed by atoms with van der Waals surface area (Å²) in [6, 6.07) is 10.8. The zero-order chi connectivity index (χ0) is 12.3. The average Bonchev–Trinajstić information content (AvgIpc) is 2.32. The molecule has 0 saturated heterocycles. The van der Waals surface area contributed by atoms with Crippen LogP contribution < -0.4 is 4.74 Å². The molecule has 0 amide bonds. The maximum Gasteiger partial charge on any atom is 0.345 e. The molecule has 0 aliphatic carbocycles. The molecule has 3 nitrogen and oxygen atoms in total. The summed E-state index contributed by atoms with van der Waals surface area (Å²) in [7, 11) is 0. The van der Waals surface area contributed by atoms with E-state index in [1.807, 2.05) is 19.1 Å². The molecule has 1 aromatic carbocycles. The van der Waals surface area contributed by atoms with Gasteiger partial charge in [-0.1, -0.05) is 17.7 Å². The van der Waals surface area contributed by atoms with Crippen LogP contribution in [0.1, 0.15) is 21.6 Å². The molecule has 17 heavy (non-hydrogen) atoms. The van der Waals surface area contributed by atoms with Gasteiger partial charge < -0.3 is 4.74 Å². The van der Waals surface area contributed by atoms with E-state index in [0.29, 0.717) is 17.0 Å². The summed E-state index contributed by atoms with van der Waals surface area (Å²) in [6.07, 6.45) is 1.65. The molecule has 0 bridgehead atoms. The van der Waals surface area contributed by atoms with Crippen molar-refractivity contribution in [2.45, 2.75) is 13.8 Å². The number of pyridine rings is 1. The van der Waals surface area contributed by atoms with Gasteiger partial charge in [-0.15, -0.1) is 0 Å². The number of benzene rings is 1. The first-order chi connectivity index (χ1) is 8.16. The first kappa shape index (κ1) is 11.3. The third kappa shape index (κ3) is 2.69. The average molecular weight is 227 g/mol. The molecule has 2 aromatic rings. The third-order valence-electron chi connectivity index (χ3n) is 2.46. The van der Waals surface area contributed by atoms with Crippen LogP contribution in [0.25, 0.3) is 0 Å². The number of hydrogen-bond donors (Lipinski definition) is 0. The highest BCUT2D eigenvalue weighted by atomic mass is 16.5. The molecule has 0 fully saturated rings. The molecular weight excluding hydrogens is 214 g/mol. The Morgan fingerprint density at radius 3 is 2.47 bits per heavy atom. The lowest BCUT2D eigenvalue weighted by Gasteiger charge is -2.05. The van der Waals surface area contributed by atoms with Crippen LogP contribution in [0, 0.1) is 13.8 Å². The molecule has 2 rings (SSSR count). The van der Waals surface area contributed by atoms with E-state index in [9.17, 15) is 4.79 Å². The molecular formula is C14H13NO2. The molecule has 1 aromatic heterocycles. The Morgan fingerprint density at radius 2 is 1.82 bits per heavy atom. The van der Waals surface area contributed by atoms with Crippen LogP contribution in [0.15, 0.2) is 42.6 Å². The number of ether oxygens (including phenoxy) is 1. The van der Waals surface area contributed by atoms with Gasteiger partial charge in [-0.25, -0.2) is 4.79 Å². The van der Waals surface area contributed by atoms with Gasteiger partial charge in [-0.3, -0.25) is 4.98 Å². The van der Waals surface area contributed by atoms with E-state index < -0.39 is 0 Å². The first-order valence-corrected chi connectivity index (χ1v) is 5.37. The molecule has 0 aliphatic heterocycles. The Kier molecular flexibility index (Phi) is 3.19.